The Bertz CT molecular complexity index is 606. The van der Waals surface area contributed by atoms with Gasteiger partial charge in [0.15, 0.2) is 0 Å². The lowest BCUT2D eigenvalue weighted by molar-refractivity contribution is 0.0775. The third-order valence-electron chi connectivity index (χ3n) is 3.04. The van der Waals surface area contributed by atoms with Gasteiger partial charge in [0.2, 0.25) is 0 Å². The van der Waals surface area contributed by atoms with E-state index in [2.05, 4.69) is 17.5 Å². The second-order valence-electron chi connectivity index (χ2n) is 4.81. The van der Waals surface area contributed by atoms with E-state index < -0.39 is 0 Å². The van der Waals surface area contributed by atoms with Crippen molar-refractivity contribution in [2.24, 2.45) is 0 Å². The third kappa shape index (κ3) is 5.43. The molecule has 0 saturated heterocycles. The zero-order chi connectivity index (χ0) is 15.6. The van der Waals surface area contributed by atoms with Crippen LogP contribution in [0.15, 0.2) is 88.9 Å². The Morgan fingerprint density at radius 2 is 1.73 bits per heavy atom. The van der Waals surface area contributed by atoms with Crippen LogP contribution < -0.4 is 0 Å². The van der Waals surface area contributed by atoms with Gasteiger partial charge in [-0.25, -0.2) is 0 Å². The highest BCUT2D eigenvalue weighted by molar-refractivity contribution is 8.02. The van der Waals surface area contributed by atoms with Gasteiger partial charge < -0.3 is 9.84 Å². The molecule has 0 spiro atoms. The van der Waals surface area contributed by atoms with Crippen molar-refractivity contribution in [3.05, 3.63) is 89.5 Å². The van der Waals surface area contributed by atoms with Crippen molar-refractivity contribution in [1.82, 2.24) is 0 Å². The van der Waals surface area contributed by atoms with Crippen LogP contribution in [-0.2, 0) is 4.74 Å². The smallest absolute Gasteiger partial charge is 0.146 e. The minimum absolute atomic E-state index is 0.0458. The highest BCUT2D eigenvalue weighted by Gasteiger charge is 2.08. The Morgan fingerprint density at radius 1 is 1.09 bits per heavy atom. The minimum atomic E-state index is -0.327. The van der Waals surface area contributed by atoms with Crippen molar-refractivity contribution in [3.63, 3.8) is 0 Å². The monoisotopic (exact) mass is 312 g/mol. The number of ether oxygens (including phenoxy) is 1. The molecule has 0 amide bonds. The van der Waals surface area contributed by atoms with Gasteiger partial charge in [-0.15, -0.1) is 0 Å². The third-order valence-corrected chi connectivity index (χ3v) is 4.07. The van der Waals surface area contributed by atoms with Gasteiger partial charge in [0.25, 0.3) is 0 Å². The van der Waals surface area contributed by atoms with Crippen LogP contribution in [0.5, 0.6) is 0 Å². The van der Waals surface area contributed by atoms with Crippen LogP contribution in [0.4, 0.5) is 0 Å². The van der Waals surface area contributed by atoms with E-state index in [1.165, 1.54) is 4.90 Å². The summed E-state index contributed by atoms with van der Waals surface area (Å²) in [5.74, 6) is 0. The average molecular weight is 312 g/mol. The summed E-state index contributed by atoms with van der Waals surface area (Å²) >= 11 is 1.67. The number of hydrogen-bond donors (Lipinski definition) is 1. The lowest BCUT2D eigenvalue weighted by Crippen LogP contribution is -2.05. The lowest BCUT2D eigenvalue weighted by atomic mass is 10.1. The Balaban J connectivity index is 1.88. The second kappa shape index (κ2) is 9.13. The highest BCUT2D eigenvalue weighted by atomic mass is 32.2. The molecule has 0 bridgehead atoms. The largest absolute Gasteiger partial charge is 0.491 e. The van der Waals surface area contributed by atoms with E-state index in [0.29, 0.717) is 0 Å². The first kappa shape index (κ1) is 16.4. The van der Waals surface area contributed by atoms with E-state index in [1.54, 1.807) is 18.0 Å². The fourth-order valence-electron chi connectivity index (χ4n) is 1.84. The predicted octanol–water partition coefficient (Wildman–Crippen LogP) is 4.95. The van der Waals surface area contributed by atoms with Crippen molar-refractivity contribution in [2.45, 2.75) is 17.9 Å². The molecule has 2 nitrogen and oxygen atoms in total. The molecule has 0 aromatic heterocycles. The fraction of sp³-hybridized carbons (Fsp3) is 0.158. The van der Waals surface area contributed by atoms with Crippen LogP contribution >= 0.6 is 11.8 Å². The number of aliphatic hydroxyl groups excluding tert-OH is 1. The van der Waals surface area contributed by atoms with Crippen molar-refractivity contribution >= 4 is 11.8 Å². The molecule has 114 valence electrons. The van der Waals surface area contributed by atoms with Gasteiger partial charge in [-0.3, -0.25) is 0 Å². The molecule has 1 unspecified atom stereocenters. The van der Waals surface area contributed by atoms with E-state index in [-0.39, 0.29) is 12.7 Å². The van der Waals surface area contributed by atoms with E-state index in [0.717, 1.165) is 11.1 Å². The van der Waals surface area contributed by atoms with E-state index in [4.69, 9.17) is 4.74 Å². The first-order valence-corrected chi connectivity index (χ1v) is 8.04. The Kier molecular flexibility index (Phi) is 6.81. The summed E-state index contributed by atoms with van der Waals surface area (Å²) in [5, 5.41) is 11.5. The first-order valence-electron chi connectivity index (χ1n) is 7.16. The molecular weight excluding hydrogens is 292 g/mol. The second-order valence-corrected chi connectivity index (χ2v) is 5.76. The van der Waals surface area contributed by atoms with Crippen LogP contribution in [-0.4, -0.2) is 11.7 Å². The molecule has 0 fully saturated rings. The molecule has 22 heavy (non-hydrogen) atoms. The van der Waals surface area contributed by atoms with Gasteiger partial charge >= 0.3 is 0 Å². The number of aliphatic hydroxyl groups is 1. The molecule has 0 heterocycles. The van der Waals surface area contributed by atoms with Crippen molar-refractivity contribution in [3.8, 4) is 0 Å². The molecule has 0 aliphatic heterocycles. The summed E-state index contributed by atoms with van der Waals surface area (Å²) in [4.78, 5) is 1.20. The Hall–Kier alpha value is -1.97. The number of allylic oxidation sites excluding steroid dienone is 2. The van der Waals surface area contributed by atoms with Gasteiger partial charge in [-0.1, -0.05) is 60.3 Å². The molecule has 0 aliphatic rings. The van der Waals surface area contributed by atoms with Crippen molar-refractivity contribution < 1.29 is 9.84 Å². The number of hydrogen-bond acceptors (Lipinski definition) is 3. The van der Waals surface area contributed by atoms with Gasteiger partial charge in [0.1, 0.15) is 6.10 Å². The van der Waals surface area contributed by atoms with Gasteiger partial charge in [-0.05, 0) is 41.7 Å². The van der Waals surface area contributed by atoms with E-state index >= 15 is 0 Å². The quantitative estimate of drug-likeness (QED) is 0.446. The number of benzene rings is 2. The van der Waals surface area contributed by atoms with Gasteiger partial charge in [0, 0.05) is 4.90 Å². The average Bonchev–Trinajstić information content (AvgIpc) is 2.58. The molecule has 2 aromatic rings. The van der Waals surface area contributed by atoms with Crippen LogP contribution in [0.25, 0.3) is 0 Å². The predicted molar refractivity (Wildman–Crippen MR) is 92.5 cm³/mol. The SMILES string of the molecule is CC(/C=C/OC(CO)c1ccccc1)=C\Sc1ccccc1. The summed E-state index contributed by atoms with van der Waals surface area (Å²) in [6.07, 6.45) is 3.22. The van der Waals surface area contributed by atoms with Crippen LogP contribution in [0, 0.1) is 0 Å². The molecule has 2 rings (SSSR count). The topological polar surface area (TPSA) is 29.5 Å². The lowest BCUT2D eigenvalue weighted by Gasteiger charge is -2.13. The molecular formula is C19H20O2S. The van der Waals surface area contributed by atoms with E-state index in [1.807, 2.05) is 61.5 Å². The standard InChI is InChI=1S/C19H20O2S/c1-16(15-22-18-10-6-3-7-11-18)12-13-21-19(14-20)17-8-4-2-5-9-17/h2-13,15,19-20H,14H2,1H3/b13-12+,16-15+. The number of thioether (sulfide) groups is 1. The van der Waals surface area contributed by atoms with Gasteiger partial charge in [0.05, 0.1) is 12.9 Å². The summed E-state index contributed by atoms with van der Waals surface area (Å²) < 4.78 is 5.62. The number of rotatable bonds is 7. The molecule has 0 aliphatic carbocycles. The van der Waals surface area contributed by atoms with Crippen LogP contribution in [0.3, 0.4) is 0 Å². The maximum atomic E-state index is 9.42. The molecule has 1 atom stereocenters. The molecule has 1 N–H and O–H groups in total. The molecule has 3 heteroatoms. The highest BCUT2D eigenvalue weighted by Crippen LogP contribution is 2.21. The molecule has 0 saturated carbocycles. The van der Waals surface area contributed by atoms with Crippen LogP contribution in [0.2, 0.25) is 0 Å². The zero-order valence-electron chi connectivity index (χ0n) is 12.6. The fourth-order valence-corrected chi connectivity index (χ4v) is 2.55. The summed E-state index contributed by atoms with van der Waals surface area (Å²) in [5.41, 5.74) is 2.06. The summed E-state index contributed by atoms with van der Waals surface area (Å²) in [7, 11) is 0. The zero-order valence-corrected chi connectivity index (χ0v) is 13.4. The minimum Gasteiger partial charge on any atom is -0.491 e. The molecule has 0 radical (unpaired) electrons. The maximum Gasteiger partial charge on any atom is 0.146 e. The van der Waals surface area contributed by atoms with Crippen molar-refractivity contribution in [2.75, 3.05) is 6.61 Å². The first-order chi connectivity index (χ1) is 10.8. The normalized spacial score (nSPS) is 13.3. The van der Waals surface area contributed by atoms with Gasteiger partial charge in [-0.2, -0.15) is 0 Å². The summed E-state index contributed by atoms with van der Waals surface area (Å²) in [6.45, 7) is 1.97. The Labute approximate surface area is 136 Å². The molecule has 2 aromatic carbocycles. The maximum absolute atomic E-state index is 9.42. The Morgan fingerprint density at radius 3 is 2.36 bits per heavy atom. The van der Waals surface area contributed by atoms with E-state index in [9.17, 15) is 5.11 Å². The summed E-state index contributed by atoms with van der Waals surface area (Å²) in [6, 6.07) is 19.9. The van der Waals surface area contributed by atoms with Crippen molar-refractivity contribution in [1.29, 1.82) is 0 Å². The van der Waals surface area contributed by atoms with Crippen LogP contribution in [0.1, 0.15) is 18.6 Å².